The van der Waals surface area contributed by atoms with Gasteiger partial charge in [-0.1, -0.05) is 0 Å². The summed E-state index contributed by atoms with van der Waals surface area (Å²) in [7, 11) is 1.99. The Morgan fingerprint density at radius 3 is 2.56 bits per heavy atom. The molecule has 2 heterocycles. The van der Waals surface area contributed by atoms with Gasteiger partial charge in [-0.25, -0.2) is 0 Å². The molecule has 4 nitrogen and oxygen atoms in total. The molecule has 5 heteroatoms. The molecule has 1 atom stereocenters. The van der Waals surface area contributed by atoms with Gasteiger partial charge in [0.1, 0.15) is 6.10 Å². The fourth-order valence-electron chi connectivity index (χ4n) is 2.79. The molecule has 106 valence electrons. The van der Waals surface area contributed by atoms with Crippen LogP contribution in [0.15, 0.2) is 0 Å². The molecule has 1 N–H and O–H groups in total. The first-order valence-corrected chi connectivity index (χ1v) is 6.86. The molecule has 0 aromatic rings. The van der Waals surface area contributed by atoms with Crippen LogP contribution in [0.2, 0.25) is 0 Å². The third-order valence-corrected chi connectivity index (χ3v) is 3.87. The average molecular weight is 277 g/mol. The molecule has 0 aromatic carbocycles. The number of hydrogen-bond acceptors (Lipinski definition) is 3. The predicted octanol–water partition coefficient (Wildman–Crippen LogP) is 1.44. The standard InChI is InChI=1S/C13H24N2O2.ClH/c1-14-10-11-5-7-15(8-6-11)13(16)12-4-2-3-9-17-12;/h11-12,14H,2-10H2,1H3;1H. The molecule has 2 fully saturated rings. The number of piperidine rings is 1. The Kier molecular flexibility index (Phi) is 6.97. The van der Waals surface area contributed by atoms with Gasteiger partial charge in [0, 0.05) is 19.7 Å². The molecule has 2 aliphatic rings. The minimum absolute atomic E-state index is 0. The lowest BCUT2D eigenvalue weighted by Crippen LogP contribution is -2.46. The van der Waals surface area contributed by atoms with Crippen molar-refractivity contribution in [3.63, 3.8) is 0 Å². The van der Waals surface area contributed by atoms with Crippen LogP contribution in [0.25, 0.3) is 0 Å². The summed E-state index contributed by atoms with van der Waals surface area (Å²) < 4.78 is 5.56. The van der Waals surface area contributed by atoms with Crippen LogP contribution in [0, 0.1) is 5.92 Å². The zero-order chi connectivity index (χ0) is 12.1. The highest BCUT2D eigenvalue weighted by molar-refractivity contribution is 5.85. The van der Waals surface area contributed by atoms with E-state index < -0.39 is 0 Å². The van der Waals surface area contributed by atoms with Crippen molar-refractivity contribution in [1.29, 1.82) is 0 Å². The van der Waals surface area contributed by atoms with E-state index >= 15 is 0 Å². The number of halogens is 1. The van der Waals surface area contributed by atoms with Crippen molar-refractivity contribution in [3.8, 4) is 0 Å². The van der Waals surface area contributed by atoms with E-state index in [1.807, 2.05) is 11.9 Å². The SMILES string of the molecule is CNCC1CCN(C(=O)C2CCCCO2)CC1.Cl. The number of nitrogens with zero attached hydrogens (tertiary/aromatic N) is 1. The van der Waals surface area contributed by atoms with Crippen molar-refractivity contribution in [2.45, 2.75) is 38.2 Å². The Morgan fingerprint density at radius 1 is 1.28 bits per heavy atom. The van der Waals surface area contributed by atoms with Crippen LogP contribution in [0.4, 0.5) is 0 Å². The van der Waals surface area contributed by atoms with Crippen molar-refractivity contribution in [1.82, 2.24) is 10.2 Å². The average Bonchev–Trinajstić information content (AvgIpc) is 2.40. The maximum absolute atomic E-state index is 12.2. The maximum Gasteiger partial charge on any atom is 0.251 e. The molecule has 1 amide bonds. The lowest BCUT2D eigenvalue weighted by atomic mass is 9.96. The van der Waals surface area contributed by atoms with Gasteiger partial charge in [0.15, 0.2) is 0 Å². The number of likely N-dealkylation sites (tertiary alicyclic amines) is 1. The van der Waals surface area contributed by atoms with Crippen LogP contribution in [0.1, 0.15) is 32.1 Å². The molecule has 0 radical (unpaired) electrons. The van der Waals surface area contributed by atoms with Gasteiger partial charge in [-0.3, -0.25) is 4.79 Å². The number of nitrogens with one attached hydrogen (secondary N) is 1. The molecule has 0 aliphatic carbocycles. The molecule has 0 spiro atoms. The van der Waals surface area contributed by atoms with E-state index in [1.54, 1.807) is 0 Å². The Hall–Kier alpha value is -0.320. The minimum Gasteiger partial charge on any atom is -0.368 e. The van der Waals surface area contributed by atoms with Crippen LogP contribution in [0.3, 0.4) is 0 Å². The predicted molar refractivity (Wildman–Crippen MR) is 74.1 cm³/mol. The van der Waals surface area contributed by atoms with Crippen LogP contribution in [0.5, 0.6) is 0 Å². The maximum atomic E-state index is 12.2. The molecule has 2 saturated heterocycles. The number of ether oxygens (including phenoxy) is 1. The normalized spacial score (nSPS) is 25.6. The quantitative estimate of drug-likeness (QED) is 0.848. The van der Waals surface area contributed by atoms with E-state index in [1.165, 1.54) is 0 Å². The lowest BCUT2D eigenvalue weighted by molar-refractivity contribution is -0.147. The number of carbonyl (C=O) groups excluding carboxylic acids is 1. The molecule has 0 saturated carbocycles. The van der Waals surface area contributed by atoms with Gasteiger partial charge in [-0.15, -0.1) is 12.4 Å². The smallest absolute Gasteiger partial charge is 0.251 e. The summed E-state index contributed by atoms with van der Waals surface area (Å²) in [4.78, 5) is 14.2. The first kappa shape index (κ1) is 15.7. The Labute approximate surface area is 116 Å². The largest absolute Gasteiger partial charge is 0.368 e. The second kappa shape index (κ2) is 7.97. The molecular formula is C13H25ClN2O2. The van der Waals surface area contributed by atoms with Crippen LogP contribution in [-0.2, 0) is 9.53 Å². The molecule has 1 unspecified atom stereocenters. The van der Waals surface area contributed by atoms with E-state index in [4.69, 9.17) is 4.74 Å². The van der Waals surface area contributed by atoms with Crippen molar-refractivity contribution < 1.29 is 9.53 Å². The minimum atomic E-state index is -0.149. The van der Waals surface area contributed by atoms with Crippen molar-refractivity contribution in [2.75, 3.05) is 33.3 Å². The summed E-state index contributed by atoms with van der Waals surface area (Å²) in [6.45, 7) is 3.64. The molecule has 2 rings (SSSR count). The molecule has 18 heavy (non-hydrogen) atoms. The number of amides is 1. The fraction of sp³-hybridized carbons (Fsp3) is 0.923. The second-order valence-electron chi connectivity index (χ2n) is 5.18. The van der Waals surface area contributed by atoms with Crippen molar-refractivity contribution in [2.24, 2.45) is 5.92 Å². The summed E-state index contributed by atoms with van der Waals surface area (Å²) in [5.41, 5.74) is 0. The topological polar surface area (TPSA) is 41.6 Å². The third kappa shape index (κ3) is 4.11. The van der Waals surface area contributed by atoms with E-state index in [9.17, 15) is 4.79 Å². The van der Waals surface area contributed by atoms with E-state index in [0.29, 0.717) is 0 Å². The zero-order valence-electron chi connectivity index (χ0n) is 11.2. The number of hydrogen-bond donors (Lipinski definition) is 1. The highest BCUT2D eigenvalue weighted by Gasteiger charge is 2.29. The summed E-state index contributed by atoms with van der Waals surface area (Å²) in [5, 5.41) is 3.22. The Morgan fingerprint density at radius 2 is 2.00 bits per heavy atom. The van der Waals surface area contributed by atoms with Crippen LogP contribution in [-0.4, -0.2) is 50.2 Å². The van der Waals surface area contributed by atoms with Crippen LogP contribution < -0.4 is 5.32 Å². The molecular weight excluding hydrogens is 252 g/mol. The molecule has 2 aliphatic heterocycles. The number of carbonyl (C=O) groups is 1. The molecule has 0 bridgehead atoms. The Balaban J connectivity index is 0.00000162. The molecule has 0 aromatic heterocycles. The fourth-order valence-corrected chi connectivity index (χ4v) is 2.79. The van der Waals surface area contributed by atoms with Gasteiger partial charge in [-0.2, -0.15) is 0 Å². The number of rotatable bonds is 3. The highest BCUT2D eigenvalue weighted by Crippen LogP contribution is 2.20. The van der Waals surface area contributed by atoms with Gasteiger partial charge < -0.3 is 15.0 Å². The van der Waals surface area contributed by atoms with E-state index in [-0.39, 0.29) is 24.4 Å². The summed E-state index contributed by atoms with van der Waals surface area (Å²) >= 11 is 0. The first-order chi connectivity index (χ1) is 8.31. The van der Waals surface area contributed by atoms with Gasteiger partial charge in [0.2, 0.25) is 0 Å². The van der Waals surface area contributed by atoms with E-state index in [0.717, 1.165) is 64.3 Å². The highest BCUT2D eigenvalue weighted by atomic mass is 35.5. The summed E-state index contributed by atoms with van der Waals surface area (Å²) in [5.74, 6) is 0.962. The first-order valence-electron chi connectivity index (χ1n) is 6.86. The third-order valence-electron chi connectivity index (χ3n) is 3.87. The van der Waals surface area contributed by atoms with Gasteiger partial charge in [0.25, 0.3) is 5.91 Å². The summed E-state index contributed by atoms with van der Waals surface area (Å²) in [6.07, 6.45) is 5.25. The van der Waals surface area contributed by atoms with E-state index in [2.05, 4.69) is 5.32 Å². The second-order valence-corrected chi connectivity index (χ2v) is 5.18. The van der Waals surface area contributed by atoms with Crippen molar-refractivity contribution >= 4 is 18.3 Å². The van der Waals surface area contributed by atoms with Gasteiger partial charge >= 0.3 is 0 Å². The van der Waals surface area contributed by atoms with Gasteiger partial charge in [0.05, 0.1) is 0 Å². The monoisotopic (exact) mass is 276 g/mol. The lowest BCUT2D eigenvalue weighted by Gasteiger charge is -2.35. The Bertz CT molecular complexity index is 249. The zero-order valence-corrected chi connectivity index (χ0v) is 12.0. The summed E-state index contributed by atoms with van der Waals surface area (Å²) in [6, 6.07) is 0. The van der Waals surface area contributed by atoms with Gasteiger partial charge in [-0.05, 0) is 51.6 Å². The van der Waals surface area contributed by atoms with Crippen molar-refractivity contribution in [3.05, 3.63) is 0 Å². The van der Waals surface area contributed by atoms with Crippen LogP contribution >= 0.6 is 12.4 Å².